The van der Waals surface area contributed by atoms with Gasteiger partial charge in [0.25, 0.3) is 0 Å². The Morgan fingerprint density at radius 1 is 0.714 bits per heavy atom. The van der Waals surface area contributed by atoms with E-state index in [1.165, 1.54) is 82.0 Å². The maximum Gasteiger partial charge on any atom is 0.321 e. The Hall–Kier alpha value is -2.66. The number of urea groups is 1. The zero-order valence-corrected chi connectivity index (χ0v) is 22.0. The highest BCUT2D eigenvalue weighted by Crippen LogP contribution is 2.38. The second-order valence-corrected chi connectivity index (χ2v) is 10.2. The van der Waals surface area contributed by atoms with Gasteiger partial charge in [-0.05, 0) is 12.0 Å². The fourth-order valence-corrected chi connectivity index (χ4v) is 5.25. The summed E-state index contributed by atoms with van der Waals surface area (Å²) in [6.45, 7) is 2.97. The molecular formula is C30H41N3OS. The second kappa shape index (κ2) is 16.1. The van der Waals surface area contributed by atoms with Crippen LogP contribution >= 0.6 is 11.3 Å². The van der Waals surface area contributed by atoms with Crippen LogP contribution in [0.25, 0.3) is 21.7 Å². The van der Waals surface area contributed by atoms with Crippen molar-refractivity contribution in [2.24, 2.45) is 0 Å². The lowest BCUT2D eigenvalue weighted by Gasteiger charge is -2.05. The average molecular weight is 492 g/mol. The van der Waals surface area contributed by atoms with E-state index in [0.717, 1.165) is 28.1 Å². The molecule has 3 aromatic rings. The molecule has 0 atom stereocenters. The number of hydrogen-bond donors (Lipinski definition) is 2. The quantitative estimate of drug-likeness (QED) is 0.196. The molecule has 0 fully saturated rings. The summed E-state index contributed by atoms with van der Waals surface area (Å²) in [5.74, 6) is 0. The van der Waals surface area contributed by atoms with Crippen LogP contribution in [0, 0.1) is 0 Å². The lowest BCUT2D eigenvalue weighted by atomic mass is 10.1. The van der Waals surface area contributed by atoms with Gasteiger partial charge in [-0.2, -0.15) is 0 Å². The minimum absolute atomic E-state index is 0.180. The Labute approximate surface area is 215 Å². The van der Waals surface area contributed by atoms with E-state index in [-0.39, 0.29) is 6.03 Å². The van der Waals surface area contributed by atoms with Gasteiger partial charge < -0.3 is 5.32 Å². The number of nitrogens with zero attached hydrogens (tertiary/aromatic N) is 1. The van der Waals surface area contributed by atoms with Gasteiger partial charge >= 0.3 is 6.03 Å². The van der Waals surface area contributed by atoms with Gasteiger partial charge in [-0.1, -0.05) is 150 Å². The van der Waals surface area contributed by atoms with E-state index in [2.05, 4.69) is 41.8 Å². The van der Waals surface area contributed by atoms with Gasteiger partial charge in [0.2, 0.25) is 0 Å². The molecule has 0 bridgehead atoms. The van der Waals surface area contributed by atoms with E-state index in [4.69, 9.17) is 4.98 Å². The highest BCUT2D eigenvalue weighted by Gasteiger charge is 2.16. The number of unbranched alkanes of at least 4 members (excludes halogenated alkanes) is 11. The molecule has 1 aromatic heterocycles. The van der Waals surface area contributed by atoms with Crippen LogP contribution in [-0.2, 0) is 0 Å². The van der Waals surface area contributed by atoms with E-state index in [1.807, 2.05) is 36.4 Å². The van der Waals surface area contributed by atoms with Crippen molar-refractivity contribution in [3.05, 3.63) is 60.7 Å². The lowest BCUT2D eigenvalue weighted by Crippen LogP contribution is -2.29. The van der Waals surface area contributed by atoms with E-state index in [1.54, 1.807) is 0 Å². The normalized spacial score (nSPS) is 10.9. The highest BCUT2D eigenvalue weighted by atomic mass is 32.1. The van der Waals surface area contributed by atoms with Gasteiger partial charge in [0.1, 0.15) is 0 Å². The van der Waals surface area contributed by atoms with Gasteiger partial charge in [-0.3, -0.25) is 5.32 Å². The number of carbonyl (C=O) groups excluding carboxylic acids is 1. The molecule has 35 heavy (non-hydrogen) atoms. The Kier molecular flexibility index (Phi) is 12.4. The van der Waals surface area contributed by atoms with Crippen LogP contribution in [0.15, 0.2) is 60.7 Å². The monoisotopic (exact) mass is 491 g/mol. The zero-order chi connectivity index (χ0) is 24.6. The summed E-state index contributed by atoms with van der Waals surface area (Å²) >= 11 is 1.51. The molecule has 0 aliphatic carbocycles. The molecule has 0 radical (unpaired) electrons. The summed E-state index contributed by atoms with van der Waals surface area (Å²) in [5, 5.41) is 6.55. The van der Waals surface area contributed by atoms with Gasteiger partial charge in [-0.15, -0.1) is 0 Å². The van der Waals surface area contributed by atoms with Crippen LogP contribution in [0.5, 0.6) is 0 Å². The lowest BCUT2D eigenvalue weighted by molar-refractivity contribution is 0.252. The average Bonchev–Trinajstić information content (AvgIpc) is 3.31. The van der Waals surface area contributed by atoms with Crippen molar-refractivity contribution in [1.82, 2.24) is 10.3 Å². The van der Waals surface area contributed by atoms with Crippen LogP contribution in [-0.4, -0.2) is 17.6 Å². The smallest absolute Gasteiger partial charge is 0.321 e. The van der Waals surface area contributed by atoms with Gasteiger partial charge in [0.15, 0.2) is 5.13 Å². The van der Waals surface area contributed by atoms with Crippen molar-refractivity contribution in [3.63, 3.8) is 0 Å². The Balaban J connectivity index is 1.36. The summed E-state index contributed by atoms with van der Waals surface area (Å²) in [4.78, 5) is 18.3. The summed E-state index contributed by atoms with van der Waals surface area (Å²) in [6, 6.07) is 20.2. The zero-order valence-electron chi connectivity index (χ0n) is 21.2. The van der Waals surface area contributed by atoms with Crippen LogP contribution in [0.4, 0.5) is 9.93 Å². The molecule has 2 aromatic carbocycles. The number of anilines is 1. The first-order valence-corrected chi connectivity index (χ1v) is 14.3. The minimum atomic E-state index is -0.180. The largest absolute Gasteiger partial charge is 0.338 e. The number of hydrogen-bond acceptors (Lipinski definition) is 3. The molecule has 0 aliphatic heterocycles. The predicted octanol–water partition coefficient (Wildman–Crippen LogP) is 9.30. The van der Waals surface area contributed by atoms with E-state index in [9.17, 15) is 4.79 Å². The van der Waals surface area contributed by atoms with Crippen LogP contribution in [0.3, 0.4) is 0 Å². The molecule has 0 saturated carbocycles. The first kappa shape index (κ1) is 26.9. The van der Waals surface area contributed by atoms with Crippen LogP contribution in [0.2, 0.25) is 0 Å². The van der Waals surface area contributed by atoms with Crippen LogP contribution in [0.1, 0.15) is 84.0 Å². The van der Waals surface area contributed by atoms with Gasteiger partial charge in [0, 0.05) is 12.1 Å². The molecule has 3 rings (SSSR count). The predicted molar refractivity (Wildman–Crippen MR) is 151 cm³/mol. The number of carbonyl (C=O) groups is 1. The third kappa shape index (κ3) is 9.85. The van der Waals surface area contributed by atoms with Crippen molar-refractivity contribution in [2.45, 2.75) is 84.0 Å². The Bertz CT molecular complexity index is 915. The summed E-state index contributed by atoms with van der Waals surface area (Å²) in [5.41, 5.74) is 3.06. The molecule has 0 spiro atoms. The first-order valence-electron chi connectivity index (χ1n) is 13.4. The van der Waals surface area contributed by atoms with Crippen molar-refractivity contribution in [1.29, 1.82) is 0 Å². The van der Waals surface area contributed by atoms with E-state index < -0.39 is 0 Å². The summed E-state index contributed by atoms with van der Waals surface area (Å²) in [6.07, 6.45) is 15.8. The topological polar surface area (TPSA) is 54.0 Å². The fraction of sp³-hybridized carbons (Fsp3) is 0.467. The molecule has 188 valence electrons. The third-order valence-electron chi connectivity index (χ3n) is 6.25. The van der Waals surface area contributed by atoms with Crippen molar-refractivity contribution in [3.8, 4) is 21.7 Å². The summed E-state index contributed by atoms with van der Waals surface area (Å²) in [7, 11) is 0. The first-order chi connectivity index (χ1) is 17.3. The van der Waals surface area contributed by atoms with Crippen molar-refractivity contribution in [2.75, 3.05) is 11.9 Å². The molecule has 2 amide bonds. The third-order valence-corrected chi connectivity index (χ3v) is 7.27. The number of thiazole rings is 1. The molecule has 0 aliphatic rings. The summed E-state index contributed by atoms with van der Waals surface area (Å²) < 4.78 is 0. The van der Waals surface area contributed by atoms with Gasteiger partial charge in [-0.25, -0.2) is 9.78 Å². The molecular weight excluding hydrogens is 450 g/mol. The SMILES string of the molecule is CCCCCCCCCCCCCCNC(=O)Nc1nc(-c2ccccc2)c(-c2ccccc2)s1. The minimum Gasteiger partial charge on any atom is -0.338 e. The standard InChI is InChI=1S/C30H41N3OS/c1-2-3-4-5-6-7-8-9-10-11-12-19-24-31-29(34)33-30-32-27(25-20-15-13-16-21-25)28(35-30)26-22-17-14-18-23-26/h13-18,20-23H,2-12,19,24H2,1H3,(H2,31,32,33,34). The molecule has 5 heteroatoms. The molecule has 0 saturated heterocycles. The van der Waals surface area contributed by atoms with Crippen molar-refractivity contribution >= 4 is 22.5 Å². The van der Waals surface area contributed by atoms with Crippen molar-refractivity contribution < 1.29 is 4.79 Å². The number of benzene rings is 2. The number of amides is 2. The second-order valence-electron chi connectivity index (χ2n) is 9.20. The molecule has 4 nitrogen and oxygen atoms in total. The molecule has 0 unspecified atom stereocenters. The number of rotatable bonds is 16. The van der Waals surface area contributed by atoms with E-state index >= 15 is 0 Å². The van der Waals surface area contributed by atoms with Gasteiger partial charge in [0.05, 0.1) is 10.6 Å². The maximum absolute atomic E-state index is 12.5. The maximum atomic E-state index is 12.5. The highest BCUT2D eigenvalue weighted by molar-refractivity contribution is 7.19. The Morgan fingerprint density at radius 3 is 1.80 bits per heavy atom. The number of nitrogens with one attached hydrogen (secondary N) is 2. The molecule has 2 N–H and O–H groups in total. The number of aromatic nitrogens is 1. The Morgan fingerprint density at radius 2 is 1.23 bits per heavy atom. The van der Waals surface area contributed by atoms with Crippen LogP contribution < -0.4 is 10.6 Å². The fourth-order valence-electron chi connectivity index (χ4n) is 4.26. The van der Waals surface area contributed by atoms with E-state index in [0.29, 0.717) is 11.7 Å². The molecule has 1 heterocycles.